The summed E-state index contributed by atoms with van der Waals surface area (Å²) in [5, 5.41) is 3.45. The van der Waals surface area contributed by atoms with Crippen molar-refractivity contribution >= 4 is 33.2 Å². The second-order valence-electron chi connectivity index (χ2n) is 4.16. The standard InChI is InChI=1S/C14H11BrClF2N/c1-8(9-2-4-11(16)5-3-9)19-14-12(17)6-10(15)7-13(14)18/h2-8,19H,1H3. The summed E-state index contributed by atoms with van der Waals surface area (Å²) in [6.07, 6.45) is 0. The predicted octanol–water partition coefficient (Wildman–Crippen LogP) is 5.55. The summed E-state index contributed by atoms with van der Waals surface area (Å²) in [7, 11) is 0. The van der Waals surface area contributed by atoms with Gasteiger partial charge in [-0.15, -0.1) is 0 Å². The molecule has 1 unspecified atom stereocenters. The number of hydrogen-bond acceptors (Lipinski definition) is 1. The smallest absolute Gasteiger partial charge is 0.150 e. The zero-order valence-corrected chi connectivity index (χ0v) is 12.4. The zero-order chi connectivity index (χ0) is 14.0. The summed E-state index contributed by atoms with van der Waals surface area (Å²) >= 11 is 8.84. The van der Waals surface area contributed by atoms with Gasteiger partial charge in [-0.3, -0.25) is 0 Å². The average Bonchev–Trinajstić information content (AvgIpc) is 2.34. The van der Waals surface area contributed by atoms with Gasteiger partial charge >= 0.3 is 0 Å². The van der Waals surface area contributed by atoms with Gasteiger partial charge in [0.15, 0.2) is 0 Å². The van der Waals surface area contributed by atoms with Crippen LogP contribution in [0.3, 0.4) is 0 Å². The van der Waals surface area contributed by atoms with Gasteiger partial charge in [0.1, 0.15) is 17.3 Å². The molecule has 0 amide bonds. The molecule has 100 valence electrons. The van der Waals surface area contributed by atoms with Gasteiger partial charge in [-0.1, -0.05) is 39.7 Å². The molecule has 0 saturated carbocycles. The third-order valence-electron chi connectivity index (χ3n) is 2.74. The highest BCUT2D eigenvalue weighted by Crippen LogP contribution is 2.27. The maximum absolute atomic E-state index is 13.7. The van der Waals surface area contributed by atoms with Crippen LogP contribution in [0.1, 0.15) is 18.5 Å². The monoisotopic (exact) mass is 345 g/mol. The molecular weight excluding hydrogens is 336 g/mol. The minimum absolute atomic E-state index is 0.134. The maximum atomic E-state index is 13.7. The molecule has 0 aliphatic heterocycles. The molecule has 1 atom stereocenters. The Balaban J connectivity index is 2.24. The third kappa shape index (κ3) is 3.45. The van der Waals surface area contributed by atoms with Crippen molar-refractivity contribution < 1.29 is 8.78 Å². The summed E-state index contributed by atoms with van der Waals surface area (Å²) in [5.41, 5.74) is 0.761. The minimum atomic E-state index is -0.632. The molecular formula is C14H11BrClF2N. The van der Waals surface area contributed by atoms with E-state index in [0.29, 0.717) is 9.50 Å². The molecule has 19 heavy (non-hydrogen) atoms. The summed E-state index contributed by atoms with van der Waals surface area (Å²) in [6, 6.07) is 9.32. The molecule has 0 saturated heterocycles. The molecule has 1 nitrogen and oxygen atoms in total. The Labute approximate surface area is 123 Å². The minimum Gasteiger partial charge on any atom is -0.374 e. The highest BCUT2D eigenvalue weighted by Gasteiger charge is 2.14. The van der Waals surface area contributed by atoms with Crippen LogP contribution in [0.5, 0.6) is 0 Å². The van der Waals surface area contributed by atoms with Crippen molar-refractivity contribution in [1.82, 2.24) is 0 Å². The van der Waals surface area contributed by atoms with E-state index < -0.39 is 11.6 Å². The number of nitrogens with one attached hydrogen (secondary N) is 1. The number of hydrogen-bond donors (Lipinski definition) is 1. The Morgan fingerprint density at radius 1 is 1.11 bits per heavy atom. The quantitative estimate of drug-likeness (QED) is 0.768. The Morgan fingerprint density at radius 3 is 2.16 bits per heavy atom. The van der Waals surface area contributed by atoms with E-state index in [1.165, 1.54) is 12.1 Å². The van der Waals surface area contributed by atoms with Gasteiger partial charge < -0.3 is 5.32 Å². The van der Waals surface area contributed by atoms with Gasteiger partial charge in [0.25, 0.3) is 0 Å². The van der Waals surface area contributed by atoms with Crippen LogP contribution >= 0.6 is 27.5 Å². The fourth-order valence-electron chi connectivity index (χ4n) is 1.73. The molecule has 0 radical (unpaired) electrons. The van der Waals surface area contributed by atoms with Gasteiger partial charge in [0.05, 0.1) is 0 Å². The maximum Gasteiger partial charge on any atom is 0.150 e. The van der Waals surface area contributed by atoms with Crippen LogP contribution in [-0.4, -0.2) is 0 Å². The first-order valence-corrected chi connectivity index (χ1v) is 6.81. The van der Waals surface area contributed by atoms with Crippen LogP contribution in [0.2, 0.25) is 5.02 Å². The van der Waals surface area contributed by atoms with Crippen LogP contribution in [0.25, 0.3) is 0 Å². The highest BCUT2D eigenvalue weighted by molar-refractivity contribution is 9.10. The van der Waals surface area contributed by atoms with Gasteiger partial charge in [-0.05, 0) is 36.8 Å². The Bertz CT molecular complexity index is 563. The molecule has 0 aromatic heterocycles. The van der Waals surface area contributed by atoms with Crippen molar-refractivity contribution in [2.24, 2.45) is 0 Å². The molecule has 5 heteroatoms. The molecule has 0 heterocycles. The molecule has 0 fully saturated rings. The van der Waals surface area contributed by atoms with E-state index in [-0.39, 0.29) is 11.7 Å². The molecule has 2 rings (SSSR count). The lowest BCUT2D eigenvalue weighted by Gasteiger charge is -2.17. The van der Waals surface area contributed by atoms with Gasteiger partial charge in [-0.2, -0.15) is 0 Å². The second kappa shape index (κ2) is 5.88. The highest BCUT2D eigenvalue weighted by atomic mass is 79.9. The first-order chi connectivity index (χ1) is 8.97. The lowest BCUT2D eigenvalue weighted by Crippen LogP contribution is -2.09. The number of anilines is 1. The average molecular weight is 347 g/mol. The van der Waals surface area contributed by atoms with Crippen molar-refractivity contribution in [1.29, 1.82) is 0 Å². The van der Waals surface area contributed by atoms with Crippen molar-refractivity contribution in [3.8, 4) is 0 Å². The van der Waals surface area contributed by atoms with E-state index in [1.54, 1.807) is 12.1 Å². The van der Waals surface area contributed by atoms with Crippen LogP contribution in [0.15, 0.2) is 40.9 Å². The largest absolute Gasteiger partial charge is 0.374 e. The summed E-state index contributed by atoms with van der Waals surface area (Å²) in [6.45, 7) is 1.82. The van der Waals surface area contributed by atoms with E-state index in [0.717, 1.165) is 5.56 Å². The van der Waals surface area contributed by atoms with Crippen molar-refractivity contribution in [2.75, 3.05) is 5.32 Å². The topological polar surface area (TPSA) is 12.0 Å². The molecule has 1 N–H and O–H groups in total. The van der Waals surface area contributed by atoms with Gasteiger partial charge in [-0.25, -0.2) is 8.78 Å². The Hall–Kier alpha value is -1.13. The molecule has 2 aromatic rings. The molecule has 0 bridgehead atoms. The molecule has 2 aromatic carbocycles. The van der Waals surface area contributed by atoms with Crippen LogP contribution in [0, 0.1) is 11.6 Å². The molecule has 0 spiro atoms. The van der Waals surface area contributed by atoms with Crippen molar-refractivity contribution in [2.45, 2.75) is 13.0 Å². The third-order valence-corrected chi connectivity index (χ3v) is 3.45. The van der Waals surface area contributed by atoms with E-state index in [2.05, 4.69) is 21.2 Å². The normalized spacial score (nSPS) is 12.3. The Kier molecular flexibility index (Phi) is 4.42. The van der Waals surface area contributed by atoms with Gasteiger partial charge in [0, 0.05) is 15.5 Å². The van der Waals surface area contributed by atoms with E-state index in [4.69, 9.17) is 11.6 Å². The van der Waals surface area contributed by atoms with Crippen molar-refractivity contribution in [3.63, 3.8) is 0 Å². The molecule has 0 aliphatic rings. The molecule has 0 aliphatic carbocycles. The van der Waals surface area contributed by atoms with Gasteiger partial charge in [0.2, 0.25) is 0 Å². The SMILES string of the molecule is CC(Nc1c(F)cc(Br)cc1F)c1ccc(Cl)cc1. The number of rotatable bonds is 3. The summed E-state index contributed by atoms with van der Waals surface area (Å²) in [4.78, 5) is 0. The number of benzene rings is 2. The Morgan fingerprint density at radius 2 is 1.63 bits per heavy atom. The fourth-order valence-corrected chi connectivity index (χ4v) is 2.26. The van der Waals surface area contributed by atoms with E-state index in [1.807, 2.05) is 19.1 Å². The lowest BCUT2D eigenvalue weighted by molar-refractivity contribution is 0.583. The van der Waals surface area contributed by atoms with E-state index >= 15 is 0 Å². The van der Waals surface area contributed by atoms with E-state index in [9.17, 15) is 8.78 Å². The zero-order valence-electron chi connectivity index (χ0n) is 10.1. The van der Waals surface area contributed by atoms with Crippen LogP contribution in [0.4, 0.5) is 14.5 Å². The summed E-state index contributed by atoms with van der Waals surface area (Å²) < 4.78 is 27.8. The first-order valence-electron chi connectivity index (χ1n) is 5.64. The second-order valence-corrected chi connectivity index (χ2v) is 5.51. The summed E-state index contributed by atoms with van der Waals surface area (Å²) in [5.74, 6) is -1.26. The lowest BCUT2D eigenvalue weighted by atomic mass is 10.1. The fraction of sp³-hybridized carbons (Fsp3) is 0.143. The van der Waals surface area contributed by atoms with Crippen LogP contribution < -0.4 is 5.32 Å². The predicted molar refractivity (Wildman–Crippen MR) is 77.5 cm³/mol. The number of halogens is 4. The first kappa shape index (κ1) is 14.3. The van der Waals surface area contributed by atoms with Crippen molar-refractivity contribution in [3.05, 3.63) is 63.1 Å². The van der Waals surface area contributed by atoms with Crippen LogP contribution in [-0.2, 0) is 0 Å².